The van der Waals surface area contributed by atoms with Crippen LogP contribution in [0.15, 0.2) is 81.0 Å². The van der Waals surface area contributed by atoms with Gasteiger partial charge < -0.3 is 15.0 Å². The van der Waals surface area contributed by atoms with Crippen LogP contribution in [-0.2, 0) is 14.4 Å². The third-order valence-corrected chi connectivity index (χ3v) is 13.2. The highest BCUT2D eigenvalue weighted by Gasteiger charge is 2.69. The maximum absolute atomic E-state index is 14.1. The van der Waals surface area contributed by atoms with E-state index in [0.717, 1.165) is 43.2 Å². The SMILES string of the molecule is Cc1ccc(N2C(=O)C3C(C2=O)[C@@H]2C[C@H]3C3Sc4[nH]c(=O)sc4[C@H](c4cc(Br)ccc4OCC(=O)Nc4ccccc4C)C32)cc1. The minimum Gasteiger partial charge on any atom is -0.483 e. The lowest BCUT2D eigenvalue weighted by atomic mass is 9.68. The minimum absolute atomic E-state index is 0.00219. The number of ether oxygens (including phenoxy) is 1. The van der Waals surface area contributed by atoms with Gasteiger partial charge in [-0.15, -0.1) is 11.8 Å². The van der Waals surface area contributed by atoms with E-state index >= 15 is 0 Å². The third-order valence-electron chi connectivity index (χ3n) is 10.1. The summed E-state index contributed by atoms with van der Waals surface area (Å²) in [6.45, 7) is 3.72. The van der Waals surface area contributed by atoms with E-state index in [4.69, 9.17) is 4.74 Å². The predicted octanol–water partition coefficient (Wildman–Crippen LogP) is 6.51. The molecule has 3 aromatic carbocycles. The number of nitrogens with one attached hydrogen (secondary N) is 2. The summed E-state index contributed by atoms with van der Waals surface area (Å²) in [5, 5.41) is 3.79. The van der Waals surface area contributed by atoms with Crippen LogP contribution >= 0.6 is 39.0 Å². The minimum atomic E-state index is -0.406. The van der Waals surface area contributed by atoms with Gasteiger partial charge in [-0.2, -0.15) is 0 Å². The second kappa shape index (κ2) is 11.2. The van der Waals surface area contributed by atoms with E-state index in [1.165, 1.54) is 16.2 Å². The molecular formula is C35H30BrN3O5S2. The summed E-state index contributed by atoms with van der Waals surface area (Å²) in [5.41, 5.74) is 4.23. The number of rotatable bonds is 6. The summed E-state index contributed by atoms with van der Waals surface area (Å²) in [4.78, 5) is 59.0. The summed E-state index contributed by atoms with van der Waals surface area (Å²) < 4.78 is 7.07. The number of para-hydroxylation sites is 1. The molecule has 2 bridgehead atoms. The van der Waals surface area contributed by atoms with Crippen LogP contribution in [0.5, 0.6) is 5.75 Å². The molecule has 11 heteroatoms. The Bertz CT molecular complexity index is 1970. The summed E-state index contributed by atoms with van der Waals surface area (Å²) >= 11 is 6.48. The van der Waals surface area contributed by atoms with Crippen LogP contribution < -0.4 is 19.8 Å². The number of nitrogens with zero attached hydrogens (tertiary/aromatic N) is 1. The Morgan fingerprint density at radius 1 is 1.00 bits per heavy atom. The van der Waals surface area contributed by atoms with Crippen LogP contribution in [0.25, 0.3) is 0 Å². The molecule has 7 atom stereocenters. The van der Waals surface area contributed by atoms with Gasteiger partial charge in [0, 0.05) is 31.8 Å². The molecule has 2 aliphatic carbocycles. The largest absolute Gasteiger partial charge is 0.483 e. The number of carbonyl (C=O) groups excluding carboxylic acids is 3. The molecule has 4 aliphatic rings. The summed E-state index contributed by atoms with van der Waals surface area (Å²) in [5.74, 6) is -1.01. The van der Waals surface area contributed by atoms with E-state index in [2.05, 4.69) is 26.2 Å². The van der Waals surface area contributed by atoms with Crippen molar-refractivity contribution in [1.82, 2.24) is 4.98 Å². The smallest absolute Gasteiger partial charge is 0.305 e. The molecule has 1 saturated heterocycles. The summed E-state index contributed by atoms with van der Waals surface area (Å²) in [7, 11) is 0. The number of carbonyl (C=O) groups is 3. The van der Waals surface area contributed by atoms with Crippen molar-refractivity contribution < 1.29 is 19.1 Å². The molecular weight excluding hydrogens is 686 g/mol. The number of thioether (sulfide) groups is 1. The van der Waals surface area contributed by atoms with Gasteiger partial charge in [0.15, 0.2) is 6.61 Å². The Hall–Kier alpha value is -3.67. The fraction of sp³-hybridized carbons (Fsp3) is 0.314. The van der Waals surface area contributed by atoms with Gasteiger partial charge in [-0.05, 0) is 80.0 Å². The molecule has 2 N–H and O–H groups in total. The maximum Gasteiger partial charge on any atom is 0.305 e. The molecule has 1 aromatic heterocycles. The second-order valence-electron chi connectivity index (χ2n) is 12.6. The van der Waals surface area contributed by atoms with Crippen molar-refractivity contribution in [3.8, 4) is 5.75 Å². The monoisotopic (exact) mass is 715 g/mol. The average Bonchev–Trinajstić information content (AvgIpc) is 3.77. The van der Waals surface area contributed by atoms with E-state index in [1.54, 1.807) is 11.8 Å². The highest BCUT2D eigenvalue weighted by molar-refractivity contribution is 9.10. The van der Waals surface area contributed by atoms with Crippen molar-refractivity contribution >= 4 is 68.1 Å². The second-order valence-corrected chi connectivity index (χ2v) is 15.8. The van der Waals surface area contributed by atoms with Gasteiger partial charge in [0.1, 0.15) is 5.75 Å². The fourth-order valence-corrected chi connectivity index (χ4v) is 11.5. The lowest BCUT2D eigenvalue weighted by Gasteiger charge is -2.43. The van der Waals surface area contributed by atoms with Gasteiger partial charge >= 0.3 is 4.87 Å². The van der Waals surface area contributed by atoms with Gasteiger partial charge in [0.25, 0.3) is 5.91 Å². The first-order chi connectivity index (χ1) is 22.2. The Balaban J connectivity index is 1.15. The van der Waals surface area contributed by atoms with Gasteiger partial charge in [-0.1, -0.05) is 63.2 Å². The number of halogens is 1. The number of fused-ring (bicyclic) bond motifs is 9. The zero-order chi connectivity index (χ0) is 31.9. The van der Waals surface area contributed by atoms with Crippen LogP contribution in [0, 0.1) is 43.4 Å². The number of aromatic amines is 1. The van der Waals surface area contributed by atoms with E-state index in [1.807, 2.05) is 80.6 Å². The first-order valence-electron chi connectivity index (χ1n) is 15.3. The van der Waals surface area contributed by atoms with Gasteiger partial charge in [-0.25, -0.2) is 0 Å². The number of H-pyrrole nitrogens is 1. The number of aromatic nitrogens is 1. The van der Waals surface area contributed by atoms with Crippen molar-refractivity contribution in [2.75, 3.05) is 16.8 Å². The molecule has 2 saturated carbocycles. The number of aryl methyl sites for hydroxylation is 2. The molecule has 8 nitrogen and oxygen atoms in total. The molecule has 0 spiro atoms. The molecule has 2 aliphatic heterocycles. The number of anilines is 2. The van der Waals surface area contributed by atoms with Crippen LogP contribution in [0.4, 0.5) is 11.4 Å². The van der Waals surface area contributed by atoms with E-state index in [9.17, 15) is 19.2 Å². The molecule has 4 unspecified atom stereocenters. The van der Waals surface area contributed by atoms with Crippen molar-refractivity contribution in [3.05, 3.63) is 102 Å². The number of thiazole rings is 1. The van der Waals surface area contributed by atoms with Crippen LogP contribution in [0.1, 0.15) is 33.9 Å². The van der Waals surface area contributed by atoms with Crippen LogP contribution in [-0.4, -0.2) is 34.6 Å². The summed E-state index contributed by atoms with van der Waals surface area (Å²) in [6, 6.07) is 20.9. The van der Waals surface area contributed by atoms with Crippen molar-refractivity contribution in [2.45, 2.75) is 36.5 Å². The quantitative estimate of drug-likeness (QED) is 0.221. The number of amides is 3. The van der Waals surface area contributed by atoms with Crippen molar-refractivity contribution in [1.29, 1.82) is 0 Å². The normalized spacial score (nSPS) is 27.4. The first kappa shape index (κ1) is 29.7. The van der Waals surface area contributed by atoms with Gasteiger partial charge in [-0.3, -0.25) is 24.1 Å². The van der Waals surface area contributed by atoms with Crippen molar-refractivity contribution in [2.24, 2.45) is 29.6 Å². The topological polar surface area (TPSA) is 109 Å². The van der Waals surface area contributed by atoms with Gasteiger partial charge in [0.2, 0.25) is 11.8 Å². The Morgan fingerprint density at radius 3 is 2.50 bits per heavy atom. The highest BCUT2D eigenvalue weighted by Crippen LogP contribution is 2.69. The Morgan fingerprint density at radius 2 is 1.74 bits per heavy atom. The molecule has 3 fully saturated rings. The molecule has 3 amide bonds. The van der Waals surface area contributed by atoms with E-state index < -0.39 is 5.92 Å². The molecule has 46 heavy (non-hydrogen) atoms. The first-order valence-corrected chi connectivity index (χ1v) is 17.8. The van der Waals surface area contributed by atoms with Crippen LogP contribution in [0.3, 0.4) is 0 Å². The summed E-state index contributed by atoms with van der Waals surface area (Å²) in [6.07, 6.45) is 0.787. The third kappa shape index (κ3) is 4.69. The van der Waals surface area contributed by atoms with E-state index in [0.29, 0.717) is 11.4 Å². The molecule has 234 valence electrons. The zero-order valence-electron chi connectivity index (χ0n) is 25.0. The lowest BCUT2D eigenvalue weighted by molar-refractivity contribution is -0.123. The number of benzene rings is 3. The molecule has 3 heterocycles. The lowest BCUT2D eigenvalue weighted by Crippen LogP contribution is -2.42. The fourth-order valence-electron chi connectivity index (χ4n) is 8.25. The molecule has 8 rings (SSSR count). The van der Waals surface area contributed by atoms with Crippen molar-refractivity contribution in [3.63, 3.8) is 0 Å². The molecule has 0 radical (unpaired) electrons. The van der Waals surface area contributed by atoms with Gasteiger partial charge in [0.05, 0.1) is 22.5 Å². The number of hydrogen-bond acceptors (Lipinski definition) is 7. The highest BCUT2D eigenvalue weighted by atomic mass is 79.9. The predicted molar refractivity (Wildman–Crippen MR) is 182 cm³/mol. The Kier molecular flexibility index (Phi) is 7.26. The number of imide groups is 1. The van der Waals surface area contributed by atoms with E-state index in [-0.39, 0.29) is 64.0 Å². The number of hydrogen-bond donors (Lipinski definition) is 2. The molecule has 4 aromatic rings. The average molecular weight is 717 g/mol. The Labute approximate surface area is 282 Å². The standard InChI is InChI=1S/C35H30BrN3O5S2/c1-16-7-10-19(11-8-16)39-33(41)28-21-14-22(29(28)34(39)42)30-27(21)26(31-32(45-30)38-35(43)46-31)20-13-18(36)9-12-24(20)44-15-25(40)37-23-6-4-3-5-17(23)2/h3-13,21-22,26-30H,14-15H2,1-2H3,(H,37,40)(H,38,43)/t21-,22-,26-,27?,28?,29?,30?/m1/s1. The van der Waals surface area contributed by atoms with Crippen LogP contribution in [0.2, 0.25) is 0 Å². The zero-order valence-corrected chi connectivity index (χ0v) is 28.2. The maximum atomic E-state index is 14.1.